The van der Waals surface area contributed by atoms with Crippen LogP contribution in [0, 0.1) is 13.8 Å². The summed E-state index contributed by atoms with van der Waals surface area (Å²) >= 11 is 0. The van der Waals surface area contributed by atoms with Gasteiger partial charge < -0.3 is 5.11 Å². The van der Waals surface area contributed by atoms with Crippen molar-refractivity contribution < 1.29 is 9.90 Å². The van der Waals surface area contributed by atoms with Crippen LogP contribution in [-0.2, 0) is 11.8 Å². The fourth-order valence-electron chi connectivity index (χ4n) is 2.65. The highest BCUT2D eigenvalue weighted by Crippen LogP contribution is 2.33. The van der Waals surface area contributed by atoms with Gasteiger partial charge in [-0.2, -0.15) is 5.10 Å². The van der Waals surface area contributed by atoms with E-state index in [1.165, 1.54) is 0 Å². The van der Waals surface area contributed by atoms with E-state index in [1.807, 2.05) is 27.0 Å². The lowest BCUT2D eigenvalue weighted by molar-refractivity contribution is -0.131. The molecule has 0 aliphatic carbocycles. The number of hydrogen-bond donors (Lipinski definition) is 1. The molecule has 3 aromatic rings. The van der Waals surface area contributed by atoms with Crippen LogP contribution in [0.2, 0.25) is 0 Å². The molecule has 6 heteroatoms. The van der Waals surface area contributed by atoms with E-state index in [2.05, 4.69) is 15.1 Å². The Kier molecular flexibility index (Phi) is 3.65. The summed E-state index contributed by atoms with van der Waals surface area (Å²) in [5.41, 5.74) is 5.11. The van der Waals surface area contributed by atoms with Gasteiger partial charge in [-0.3, -0.25) is 9.67 Å². The molecule has 0 aliphatic heterocycles. The van der Waals surface area contributed by atoms with Gasteiger partial charge in [0.25, 0.3) is 0 Å². The fraction of sp³-hybridized carbons (Fsp3) is 0.176. The lowest BCUT2D eigenvalue weighted by atomic mass is 9.96. The molecule has 116 valence electrons. The second kappa shape index (κ2) is 5.64. The van der Waals surface area contributed by atoms with Crippen LogP contribution in [0.15, 0.2) is 30.7 Å². The van der Waals surface area contributed by atoms with E-state index in [4.69, 9.17) is 5.11 Å². The minimum atomic E-state index is -0.996. The van der Waals surface area contributed by atoms with E-state index in [0.29, 0.717) is 0 Å². The summed E-state index contributed by atoms with van der Waals surface area (Å²) in [5, 5.41) is 14.1. The molecule has 0 saturated carbocycles. The van der Waals surface area contributed by atoms with Crippen LogP contribution >= 0.6 is 0 Å². The van der Waals surface area contributed by atoms with Crippen molar-refractivity contribution >= 4 is 23.1 Å². The van der Waals surface area contributed by atoms with Gasteiger partial charge in [-0.15, -0.1) is 0 Å². The second-order valence-electron chi connectivity index (χ2n) is 5.41. The van der Waals surface area contributed by atoms with Crippen LogP contribution in [0.25, 0.3) is 28.2 Å². The quantitative estimate of drug-likeness (QED) is 0.752. The van der Waals surface area contributed by atoms with Gasteiger partial charge in [0.15, 0.2) is 5.65 Å². The molecule has 0 fully saturated rings. The van der Waals surface area contributed by atoms with Crippen molar-refractivity contribution in [2.75, 3.05) is 0 Å². The Morgan fingerprint density at radius 1 is 1.26 bits per heavy atom. The van der Waals surface area contributed by atoms with E-state index >= 15 is 0 Å². The first kappa shape index (κ1) is 14.9. The average Bonchev–Trinajstić information content (AvgIpc) is 2.85. The lowest BCUT2D eigenvalue weighted by Crippen LogP contribution is -1.98. The number of pyridine rings is 2. The number of hydrogen-bond acceptors (Lipinski definition) is 4. The van der Waals surface area contributed by atoms with Crippen molar-refractivity contribution in [2.45, 2.75) is 13.8 Å². The predicted octanol–water partition coefficient (Wildman–Crippen LogP) is 2.74. The smallest absolute Gasteiger partial charge is 0.328 e. The first-order chi connectivity index (χ1) is 11.0. The molecule has 0 aliphatic rings. The third-order valence-corrected chi connectivity index (χ3v) is 3.67. The Hall–Kier alpha value is -3.02. The molecule has 0 spiro atoms. The summed E-state index contributed by atoms with van der Waals surface area (Å²) in [6.07, 6.45) is 8.00. The van der Waals surface area contributed by atoms with E-state index < -0.39 is 5.97 Å². The number of carbonyl (C=O) groups is 1. The maximum Gasteiger partial charge on any atom is 0.328 e. The standard InChI is InChI=1S/C17H16N4O2/c1-10-6-12(8-18-7-10)16-13(4-5-15(22)23)11(2)20-17-14(16)9-19-21(17)3/h4-9H,1-3H3,(H,22,23). The minimum absolute atomic E-state index is 0.745. The van der Waals surface area contributed by atoms with Gasteiger partial charge in [-0.1, -0.05) is 0 Å². The zero-order chi connectivity index (χ0) is 16.6. The highest BCUT2D eigenvalue weighted by Gasteiger charge is 2.16. The molecule has 0 bridgehead atoms. The molecule has 23 heavy (non-hydrogen) atoms. The molecule has 0 radical (unpaired) electrons. The normalized spacial score (nSPS) is 11.4. The largest absolute Gasteiger partial charge is 0.478 e. The molecular formula is C17H16N4O2. The SMILES string of the molecule is Cc1cncc(-c2c(C=CC(=O)O)c(C)nc3c2cnn3C)c1. The van der Waals surface area contributed by atoms with Gasteiger partial charge in [0.2, 0.25) is 0 Å². The summed E-state index contributed by atoms with van der Waals surface area (Å²) < 4.78 is 1.71. The summed E-state index contributed by atoms with van der Waals surface area (Å²) in [6, 6.07) is 2.02. The number of rotatable bonds is 3. The lowest BCUT2D eigenvalue weighted by Gasteiger charge is -2.11. The Labute approximate surface area is 133 Å². The van der Waals surface area contributed by atoms with Crippen molar-refractivity contribution in [1.29, 1.82) is 0 Å². The van der Waals surface area contributed by atoms with Crippen LogP contribution in [0.3, 0.4) is 0 Å². The zero-order valence-electron chi connectivity index (χ0n) is 13.1. The molecule has 3 heterocycles. The van der Waals surface area contributed by atoms with Crippen LogP contribution in [0.1, 0.15) is 16.8 Å². The van der Waals surface area contributed by atoms with Gasteiger partial charge in [0.1, 0.15) is 0 Å². The summed E-state index contributed by atoms with van der Waals surface area (Å²) in [7, 11) is 1.83. The number of aryl methyl sites for hydroxylation is 3. The molecule has 0 unspecified atom stereocenters. The topological polar surface area (TPSA) is 80.9 Å². The Morgan fingerprint density at radius 2 is 2.04 bits per heavy atom. The Morgan fingerprint density at radius 3 is 2.74 bits per heavy atom. The molecular weight excluding hydrogens is 292 g/mol. The third kappa shape index (κ3) is 2.70. The molecule has 6 nitrogen and oxygen atoms in total. The zero-order valence-corrected chi connectivity index (χ0v) is 13.1. The van der Waals surface area contributed by atoms with Crippen LogP contribution in [0.4, 0.5) is 0 Å². The number of aromatic nitrogens is 4. The van der Waals surface area contributed by atoms with Crippen molar-refractivity contribution in [2.24, 2.45) is 7.05 Å². The maximum absolute atomic E-state index is 10.9. The first-order valence-electron chi connectivity index (χ1n) is 7.12. The predicted molar refractivity (Wildman–Crippen MR) is 87.9 cm³/mol. The van der Waals surface area contributed by atoms with E-state index in [-0.39, 0.29) is 0 Å². The first-order valence-corrected chi connectivity index (χ1v) is 7.12. The minimum Gasteiger partial charge on any atom is -0.478 e. The van der Waals surface area contributed by atoms with Crippen molar-refractivity contribution in [3.8, 4) is 11.1 Å². The number of nitrogens with zero attached hydrogens (tertiary/aromatic N) is 4. The van der Waals surface area contributed by atoms with E-state index in [9.17, 15) is 4.79 Å². The Bertz CT molecular complexity index is 941. The fourth-order valence-corrected chi connectivity index (χ4v) is 2.65. The highest BCUT2D eigenvalue weighted by atomic mass is 16.4. The van der Waals surface area contributed by atoms with Gasteiger partial charge in [-0.25, -0.2) is 9.78 Å². The van der Waals surface area contributed by atoms with Crippen molar-refractivity contribution in [3.63, 3.8) is 0 Å². The van der Waals surface area contributed by atoms with Gasteiger partial charge in [0, 0.05) is 53.3 Å². The summed E-state index contributed by atoms with van der Waals surface area (Å²) in [5.74, 6) is -0.996. The molecule has 0 saturated heterocycles. The maximum atomic E-state index is 10.9. The van der Waals surface area contributed by atoms with Gasteiger partial charge in [-0.05, 0) is 31.6 Å². The van der Waals surface area contributed by atoms with Gasteiger partial charge in [0.05, 0.1) is 6.20 Å². The number of carboxylic acid groups (broad SMARTS) is 1. The monoisotopic (exact) mass is 308 g/mol. The second-order valence-corrected chi connectivity index (χ2v) is 5.41. The van der Waals surface area contributed by atoms with Gasteiger partial charge >= 0.3 is 5.97 Å². The van der Waals surface area contributed by atoms with Crippen LogP contribution in [-0.4, -0.2) is 30.8 Å². The summed E-state index contributed by atoms with van der Waals surface area (Å²) in [4.78, 5) is 19.7. The number of fused-ring (bicyclic) bond motifs is 1. The van der Waals surface area contributed by atoms with Crippen molar-refractivity contribution in [3.05, 3.63) is 47.6 Å². The molecule has 0 amide bonds. The van der Waals surface area contributed by atoms with E-state index in [1.54, 1.807) is 29.3 Å². The van der Waals surface area contributed by atoms with Crippen LogP contribution in [0.5, 0.6) is 0 Å². The molecule has 1 N–H and O–H groups in total. The highest BCUT2D eigenvalue weighted by molar-refractivity contribution is 5.99. The summed E-state index contributed by atoms with van der Waals surface area (Å²) in [6.45, 7) is 3.83. The number of carboxylic acids is 1. The Balaban J connectivity index is 2.39. The molecule has 3 aromatic heterocycles. The molecule has 3 rings (SSSR count). The van der Waals surface area contributed by atoms with Crippen molar-refractivity contribution in [1.82, 2.24) is 19.7 Å². The third-order valence-electron chi connectivity index (χ3n) is 3.67. The molecule has 0 aromatic carbocycles. The average molecular weight is 308 g/mol. The van der Waals surface area contributed by atoms with Crippen LogP contribution < -0.4 is 0 Å². The van der Waals surface area contributed by atoms with E-state index in [0.717, 1.165) is 45.1 Å². The molecule has 0 atom stereocenters. The number of aliphatic carboxylic acids is 1.